The average Bonchev–Trinajstić information content (AvgIpc) is 1.97. The Balaban J connectivity index is 3.81. The molecule has 0 aliphatic carbocycles. The van der Waals surface area contributed by atoms with Gasteiger partial charge in [0.1, 0.15) is 0 Å². The molecule has 0 aromatic rings. The molecule has 0 fully saturated rings. The van der Waals surface area contributed by atoms with E-state index in [1.807, 2.05) is 6.08 Å². The summed E-state index contributed by atoms with van der Waals surface area (Å²) >= 11 is 0. The van der Waals surface area contributed by atoms with E-state index in [1.165, 1.54) is 0 Å². The van der Waals surface area contributed by atoms with Crippen LogP contribution in [0.15, 0.2) is 23.8 Å². The van der Waals surface area contributed by atoms with Crippen LogP contribution in [0.4, 0.5) is 0 Å². The molecular formula is C9H14O2. The number of allylic oxidation sites excluding steroid dienone is 3. The van der Waals surface area contributed by atoms with Gasteiger partial charge in [-0.05, 0) is 13.3 Å². The molecule has 0 rings (SSSR count). The molecule has 2 heteroatoms. The van der Waals surface area contributed by atoms with E-state index in [0.29, 0.717) is 5.57 Å². The molecule has 0 atom stereocenters. The molecule has 0 aromatic heterocycles. The van der Waals surface area contributed by atoms with Crippen LogP contribution in [0.2, 0.25) is 0 Å². The van der Waals surface area contributed by atoms with Gasteiger partial charge >= 0.3 is 5.97 Å². The normalized spacial score (nSPS) is 12.4. The van der Waals surface area contributed by atoms with Crippen LogP contribution in [0.3, 0.4) is 0 Å². The predicted octanol–water partition coefficient (Wildman–Crippen LogP) is 2.37. The summed E-state index contributed by atoms with van der Waals surface area (Å²) < 4.78 is 0. The Hall–Kier alpha value is -1.05. The molecule has 62 valence electrons. The highest BCUT2D eigenvalue weighted by atomic mass is 16.4. The van der Waals surface area contributed by atoms with Crippen LogP contribution in [0.5, 0.6) is 0 Å². The number of carboxylic acid groups (broad SMARTS) is 1. The van der Waals surface area contributed by atoms with E-state index in [1.54, 1.807) is 19.1 Å². The van der Waals surface area contributed by atoms with Crippen LogP contribution in [0.25, 0.3) is 0 Å². The molecule has 0 saturated heterocycles. The Labute approximate surface area is 67.2 Å². The van der Waals surface area contributed by atoms with Crippen LogP contribution in [0, 0.1) is 0 Å². The molecule has 0 heterocycles. The maximum Gasteiger partial charge on any atom is 0.331 e. The minimum absolute atomic E-state index is 0.373. The Morgan fingerprint density at radius 2 is 2.18 bits per heavy atom. The summed E-state index contributed by atoms with van der Waals surface area (Å²) in [5, 5.41) is 8.44. The van der Waals surface area contributed by atoms with Gasteiger partial charge in [0.2, 0.25) is 0 Å². The fourth-order valence-electron chi connectivity index (χ4n) is 0.547. The van der Waals surface area contributed by atoms with E-state index in [-0.39, 0.29) is 0 Å². The Morgan fingerprint density at radius 1 is 1.55 bits per heavy atom. The monoisotopic (exact) mass is 154 g/mol. The van der Waals surface area contributed by atoms with Crippen molar-refractivity contribution in [2.75, 3.05) is 0 Å². The summed E-state index contributed by atoms with van der Waals surface area (Å²) in [5.41, 5.74) is 0.373. The summed E-state index contributed by atoms with van der Waals surface area (Å²) in [7, 11) is 0. The van der Waals surface area contributed by atoms with Gasteiger partial charge in [0.05, 0.1) is 0 Å². The molecule has 0 unspecified atom stereocenters. The number of hydrogen-bond acceptors (Lipinski definition) is 1. The van der Waals surface area contributed by atoms with Gasteiger partial charge in [-0.2, -0.15) is 0 Å². The lowest BCUT2D eigenvalue weighted by Gasteiger charge is -1.87. The van der Waals surface area contributed by atoms with Gasteiger partial charge in [0, 0.05) is 5.57 Å². The first-order valence-electron chi connectivity index (χ1n) is 3.75. The molecule has 2 nitrogen and oxygen atoms in total. The second kappa shape index (κ2) is 5.71. The Kier molecular flexibility index (Phi) is 5.17. The zero-order valence-electron chi connectivity index (χ0n) is 7.00. The highest BCUT2D eigenvalue weighted by Gasteiger charge is 1.94. The van der Waals surface area contributed by atoms with Crippen molar-refractivity contribution in [2.45, 2.75) is 26.7 Å². The zero-order chi connectivity index (χ0) is 8.69. The first kappa shape index (κ1) is 9.95. The van der Waals surface area contributed by atoms with Crippen molar-refractivity contribution in [1.82, 2.24) is 0 Å². The molecule has 0 aliphatic rings. The molecule has 0 aromatic carbocycles. The van der Waals surface area contributed by atoms with Gasteiger partial charge < -0.3 is 5.11 Å². The highest BCUT2D eigenvalue weighted by molar-refractivity contribution is 5.86. The van der Waals surface area contributed by atoms with Crippen molar-refractivity contribution in [3.63, 3.8) is 0 Å². The summed E-state index contributed by atoms with van der Waals surface area (Å²) in [6, 6.07) is 0. The van der Waals surface area contributed by atoms with Crippen LogP contribution in [0.1, 0.15) is 26.7 Å². The third-order valence-electron chi connectivity index (χ3n) is 1.27. The van der Waals surface area contributed by atoms with Crippen LogP contribution in [-0.4, -0.2) is 11.1 Å². The largest absolute Gasteiger partial charge is 0.478 e. The minimum atomic E-state index is -0.855. The molecule has 0 aliphatic heterocycles. The number of rotatable bonds is 4. The maximum atomic E-state index is 10.3. The number of carbonyl (C=O) groups is 1. The number of carboxylic acids is 1. The minimum Gasteiger partial charge on any atom is -0.478 e. The van der Waals surface area contributed by atoms with Gasteiger partial charge in [0.15, 0.2) is 0 Å². The molecule has 0 bridgehead atoms. The topological polar surface area (TPSA) is 37.3 Å². The smallest absolute Gasteiger partial charge is 0.331 e. The van der Waals surface area contributed by atoms with Crippen LogP contribution < -0.4 is 0 Å². The number of unbranched alkanes of at least 4 members (excludes halogenated alkanes) is 1. The van der Waals surface area contributed by atoms with Gasteiger partial charge in [-0.25, -0.2) is 4.79 Å². The lowest BCUT2D eigenvalue weighted by molar-refractivity contribution is -0.132. The highest BCUT2D eigenvalue weighted by Crippen LogP contribution is 1.94. The van der Waals surface area contributed by atoms with Crippen LogP contribution in [-0.2, 0) is 4.79 Å². The summed E-state index contributed by atoms with van der Waals surface area (Å²) in [6.07, 6.45) is 7.46. The van der Waals surface area contributed by atoms with Gasteiger partial charge in [0.25, 0.3) is 0 Å². The van der Waals surface area contributed by atoms with Crippen molar-refractivity contribution in [3.05, 3.63) is 23.8 Å². The second-order valence-electron chi connectivity index (χ2n) is 2.37. The van der Waals surface area contributed by atoms with E-state index in [2.05, 4.69) is 6.92 Å². The van der Waals surface area contributed by atoms with Gasteiger partial charge in [-0.1, -0.05) is 31.6 Å². The second-order valence-corrected chi connectivity index (χ2v) is 2.37. The maximum absolute atomic E-state index is 10.3. The van der Waals surface area contributed by atoms with Gasteiger partial charge in [-0.3, -0.25) is 0 Å². The molecular weight excluding hydrogens is 140 g/mol. The molecule has 0 radical (unpaired) electrons. The first-order valence-corrected chi connectivity index (χ1v) is 3.75. The standard InChI is InChI=1S/C9H14O2/c1-3-4-5-6-7-8(2)9(10)11/h5-7H,3-4H2,1-2H3,(H,10,11)/b6-5+,8-7+. The van der Waals surface area contributed by atoms with E-state index in [9.17, 15) is 4.79 Å². The molecule has 0 saturated carbocycles. The number of hydrogen-bond donors (Lipinski definition) is 1. The molecule has 0 amide bonds. The average molecular weight is 154 g/mol. The summed E-state index contributed by atoms with van der Waals surface area (Å²) in [4.78, 5) is 10.3. The lowest BCUT2D eigenvalue weighted by Crippen LogP contribution is -1.94. The Morgan fingerprint density at radius 3 is 2.64 bits per heavy atom. The van der Waals surface area contributed by atoms with Crippen molar-refractivity contribution in [2.24, 2.45) is 0 Å². The van der Waals surface area contributed by atoms with Crippen molar-refractivity contribution in [3.8, 4) is 0 Å². The van der Waals surface area contributed by atoms with E-state index in [0.717, 1.165) is 12.8 Å². The Bertz CT molecular complexity index is 178. The van der Waals surface area contributed by atoms with E-state index in [4.69, 9.17) is 5.11 Å². The van der Waals surface area contributed by atoms with E-state index < -0.39 is 5.97 Å². The fourth-order valence-corrected chi connectivity index (χ4v) is 0.547. The zero-order valence-corrected chi connectivity index (χ0v) is 7.00. The predicted molar refractivity (Wildman–Crippen MR) is 45.4 cm³/mol. The fraction of sp³-hybridized carbons (Fsp3) is 0.444. The SMILES string of the molecule is CCC/C=C/C=C(\C)C(=O)O. The van der Waals surface area contributed by atoms with Crippen molar-refractivity contribution >= 4 is 5.97 Å². The van der Waals surface area contributed by atoms with Crippen molar-refractivity contribution < 1.29 is 9.90 Å². The first-order chi connectivity index (χ1) is 5.18. The molecule has 0 spiro atoms. The molecule has 1 N–H and O–H groups in total. The lowest BCUT2D eigenvalue weighted by atomic mass is 10.2. The quantitative estimate of drug-likeness (QED) is 0.498. The summed E-state index contributed by atoms with van der Waals surface area (Å²) in [6.45, 7) is 3.66. The van der Waals surface area contributed by atoms with Crippen LogP contribution >= 0.6 is 0 Å². The number of aliphatic carboxylic acids is 1. The third-order valence-corrected chi connectivity index (χ3v) is 1.27. The third kappa shape index (κ3) is 5.40. The molecule has 11 heavy (non-hydrogen) atoms. The van der Waals surface area contributed by atoms with Gasteiger partial charge in [-0.15, -0.1) is 0 Å². The van der Waals surface area contributed by atoms with Crippen molar-refractivity contribution in [1.29, 1.82) is 0 Å². The summed E-state index contributed by atoms with van der Waals surface area (Å²) in [5.74, 6) is -0.855. The van der Waals surface area contributed by atoms with E-state index >= 15 is 0 Å².